The van der Waals surface area contributed by atoms with Gasteiger partial charge in [-0.2, -0.15) is 0 Å². The minimum Gasteiger partial charge on any atom is -0.435 e. The summed E-state index contributed by atoms with van der Waals surface area (Å²) in [5.41, 5.74) is 18.7. The number of nitrogens with zero attached hydrogens (tertiary/aromatic N) is 17. The molecule has 108 heavy (non-hydrogen) atoms. The highest BCUT2D eigenvalue weighted by Crippen LogP contribution is 2.53. The Morgan fingerprint density at radius 1 is 0.324 bits per heavy atom. The Balaban J connectivity index is 0.000000114. The SMILES string of the molecule is [2H]C(C)(C)N1c2ncccc2N(c2c(C)ccc3c2oc2nc(C)ccc23)[C@H]1C.[2H]C([2H])([2H])C([2H])(C)N1c2ncccc2N(c2c(C)ccc3c2oc2nc(C)ccc23)[C@H]1C.[2H]C([2H])([2H])N1c2ncccc2N(c2c(C)ccc3c2oc2nc(C)ccc23)[C@H]1C.[2H]C([2H])([2H])N1c2nccnc2N(c2c(C)ccc3c2oc2nc(C)ccc23)[C@H]1C. The summed E-state index contributed by atoms with van der Waals surface area (Å²) in [6.45, 7) is 21.5. The molecule has 0 amide bonds. The van der Waals surface area contributed by atoms with E-state index in [4.69, 9.17) is 32.7 Å². The molecule has 4 aliphatic rings. The third kappa shape index (κ3) is 10.9. The van der Waals surface area contributed by atoms with Crippen LogP contribution in [0.25, 0.3) is 88.3 Å². The van der Waals surface area contributed by atoms with E-state index in [2.05, 4.69) is 87.9 Å². The van der Waals surface area contributed by atoms with Gasteiger partial charge in [0.2, 0.25) is 22.9 Å². The molecule has 0 spiro atoms. The maximum atomic E-state index is 8.78. The van der Waals surface area contributed by atoms with E-state index in [9.17, 15) is 0 Å². The van der Waals surface area contributed by atoms with Crippen LogP contribution >= 0.6 is 0 Å². The zero-order valence-corrected chi connectivity index (χ0v) is 62.6. The maximum Gasteiger partial charge on any atom is 0.227 e. The van der Waals surface area contributed by atoms with Crippen molar-refractivity contribution in [2.24, 2.45) is 0 Å². The van der Waals surface area contributed by atoms with Crippen LogP contribution in [0, 0.1) is 55.4 Å². The second-order valence-corrected chi connectivity index (χ2v) is 28.3. The maximum absolute atomic E-state index is 8.78. The molecule has 21 heteroatoms. The van der Waals surface area contributed by atoms with Crippen LogP contribution in [-0.2, 0) is 0 Å². The average Bonchev–Trinajstić information content (AvgIpc) is 1.59. The first-order chi connectivity index (χ1) is 56.3. The molecule has 12 aromatic heterocycles. The Bertz CT molecular complexity index is 6280. The summed E-state index contributed by atoms with van der Waals surface area (Å²) in [6.07, 6.45) is 6.57. The van der Waals surface area contributed by atoms with Gasteiger partial charge < -0.3 is 52.0 Å². The molecule has 4 aromatic carbocycles. The molecule has 0 fully saturated rings. The first-order valence-electron chi connectivity index (χ1n) is 41.5. The van der Waals surface area contributed by atoms with Gasteiger partial charge in [-0.1, -0.05) is 48.5 Å². The number of pyridine rings is 7. The number of aromatic nitrogens is 9. The van der Waals surface area contributed by atoms with Crippen LogP contribution < -0.4 is 39.2 Å². The molecule has 0 bridgehead atoms. The number of anilines is 12. The number of fused-ring (bicyclic) bond motifs is 16. The summed E-state index contributed by atoms with van der Waals surface area (Å²) < 4.78 is 115. The van der Waals surface area contributed by atoms with Gasteiger partial charge >= 0.3 is 0 Å². The molecule has 21 nitrogen and oxygen atoms in total. The lowest BCUT2D eigenvalue weighted by Gasteiger charge is -2.33. The Morgan fingerprint density at radius 2 is 0.620 bits per heavy atom. The minimum atomic E-state index is -2.53. The van der Waals surface area contributed by atoms with Crippen molar-refractivity contribution >= 4 is 157 Å². The van der Waals surface area contributed by atoms with Crippen LogP contribution in [-0.4, -0.2) is 95.5 Å². The number of hydrogen-bond donors (Lipinski definition) is 0. The van der Waals surface area contributed by atoms with Crippen molar-refractivity contribution in [2.45, 2.75) is 147 Å². The molecule has 0 N–H and O–H groups in total. The standard InChI is InChI=1S/2C23H24N4O.C21H20N4O.C20H19N5O/c2*1-13(2)26-16(5)27(19-7-6-12-24-22(19)26)20-14(3)8-10-17-18-11-9-15(4)25-23(18)28-21(17)20;1-12-7-9-15-16-10-8-13(2)23-21(16)26-19(15)18(12)25-14(3)24(4)20-17(25)6-5-11-22-20;1-11-5-7-14-15-8-6-12(2)23-20(15)26-17(14)16(11)25-13(3)24(4)18-19(25)22-10-9-21-18/h2*6-13,16H,1-5H3;5-11,14H,1-4H3;5-10,13H,1-4H3/t2*16-;14-;13-/m0000/s1/i1D3,13D;13D;2*4D3/t13?,16-;3m. The predicted molar refractivity (Wildman–Crippen MR) is 437 cm³/mol. The fourth-order valence-electron chi connectivity index (χ4n) is 15.9. The lowest BCUT2D eigenvalue weighted by molar-refractivity contribution is 0.597. The third-order valence-electron chi connectivity index (χ3n) is 21.0. The molecule has 16 heterocycles. The van der Waals surface area contributed by atoms with E-state index >= 15 is 0 Å². The average molecular weight is 1450 g/mol. The van der Waals surface area contributed by atoms with Crippen LogP contribution in [0.3, 0.4) is 0 Å². The molecule has 1 unspecified atom stereocenters. The number of rotatable bonds is 6. The Kier molecular flexibility index (Phi) is 13.9. The summed E-state index contributed by atoms with van der Waals surface area (Å²) in [4.78, 5) is 54.9. The van der Waals surface area contributed by atoms with Crippen LogP contribution in [0.1, 0.15) is 115 Å². The molecule has 4 aliphatic heterocycles. The number of aryl methyl sites for hydroxylation is 8. The van der Waals surface area contributed by atoms with Crippen molar-refractivity contribution in [1.29, 1.82) is 0 Å². The molecule has 0 saturated carbocycles. The van der Waals surface area contributed by atoms with Crippen molar-refractivity contribution in [1.82, 2.24) is 44.9 Å². The van der Waals surface area contributed by atoms with Gasteiger partial charge in [0.25, 0.3) is 0 Å². The normalized spacial score (nSPS) is 19.1. The highest BCUT2D eigenvalue weighted by atomic mass is 16.4. The zero-order valence-electron chi connectivity index (χ0n) is 73.6. The lowest BCUT2D eigenvalue weighted by atomic mass is 10.1. The van der Waals surface area contributed by atoms with Crippen molar-refractivity contribution in [3.8, 4) is 0 Å². The largest absolute Gasteiger partial charge is 0.435 e. The molecule has 20 rings (SSSR count). The molecule has 16 aromatic rings. The number of benzene rings is 4. The predicted octanol–water partition coefficient (Wildman–Crippen LogP) is 20.7. The minimum absolute atomic E-state index is 0.0837. The van der Waals surface area contributed by atoms with Gasteiger partial charge in [0, 0.05) is 135 Å². The first kappa shape index (κ1) is 56.9. The summed E-state index contributed by atoms with van der Waals surface area (Å²) >= 11 is 0. The summed E-state index contributed by atoms with van der Waals surface area (Å²) in [6, 6.07) is 41.1. The van der Waals surface area contributed by atoms with Crippen molar-refractivity contribution < 1.29 is 32.7 Å². The smallest absolute Gasteiger partial charge is 0.227 e. The van der Waals surface area contributed by atoms with Crippen LogP contribution in [0.15, 0.2) is 182 Å². The number of furan rings is 4. The molecular formula is C87H87N17O4. The molecule has 0 saturated heterocycles. The highest BCUT2D eigenvalue weighted by molar-refractivity contribution is 6.13. The van der Waals surface area contributed by atoms with Crippen molar-refractivity contribution in [3.05, 3.63) is 209 Å². The second-order valence-electron chi connectivity index (χ2n) is 28.3. The van der Waals surface area contributed by atoms with Gasteiger partial charge in [-0.05, 0) is 218 Å². The fourth-order valence-corrected chi connectivity index (χ4v) is 15.9. The monoisotopic (exact) mass is 1440 g/mol. The summed E-state index contributed by atoms with van der Waals surface area (Å²) in [7, 11) is 0. The van der Waals surface area contributed by atoms with Crippen molar-refractivity contribution in [2.75, 3.05) is 53.2 Å². The second kappa shape index (κ2) is 26.3. The molecule has 0 aliphatic carbocycles. The first-order valence-corrected chi connectivity index (χ1v) is 36.0. The van der Waals surface area contributed by atoms with E-state index in [1.165, 1.54) is 22.9 Å². The fraction of sp³-hybridized carbons (Fsp3) is 0.276. The topological polar surface area (TPSA) is 194 Å². The van der Waals surface area contributed by atoms with Gasteiger partial charge in [0.15, 0.2) is 51.4 Å². The van der Waals surface area contributed by atoms with Gasteiger partial charge in [-0.25, -0.2) is 44.9 Å². The zero-order chi connectivity index (χ0) is 84.5. The van der Waals surface area contributed by atoms with E-state index in [0.717, 1.165) is 139 Å². The van der Waals surface area contributed by atoms with E-state index in [1.807, 2.05) is 212 Å². The quantitative estimate of drug-likeness (QED) is 0.152. The van der Waals surface area contributed by atoms with Gasteiger partial charge in [0.05, 0.1) is 42.6 Å². The summed E-state index contributed by atoms with van der Waals surface area (Å²) in [5, 5.41) is 7.68. The Hall–Kier alpha value is -12.4. The lowest BCUT2D eigenvalue weighted by Crippen LogP contribution is -2.42. The van der Waals surface area contributed by atoms with Crippen LogP contribution in [0.5, 0.6) is 0 Å². The van der Waals surface area contributed by atoms with E-state index in [1.54, 1.807) is 29.7 Å². The van der Waals surface area contributed by atoms with Gasteiger partial charge in [-0.15, -0.1) is 0 Å². The van der Waals surface area contributed by atoms with Crippen molar-refractivity contribution in [3.63, 3.8) is 0 Å². The third-order valence-corrected chi connectivity index (χ3v) is 21.0. The van der Waals surface area contributed by atoms with Crippen LogP contribution in [0.2, 0.25) is 0 Å². The molecule has 5 atom stereocenters. The van der Waals surface area contributed by atoms with Gasteiger partial charge in [-0.3, -0.25) is 4.90 Å². The van der Waals surface area contributed by atoms with E-state index in [0.29, 0.717) is 62.9 Å². The van der Waals surface area contributed by atoms with E-state index < -0.39 is 51.3 Å². The Labute approximate surface area is 642 Å². The summed E-state index contributed by atoms with van der Waals surface area (Å²) in [5.74, 6) is 2.57. The van der Waals surface area contributed by atoms with Gasteiger partial charge in [0.1, 0.15) is 24.7 Å². The van der Waals surface area contributed by atoms with E-state index in [-0.39, 0.29) is 6.17 Å². The van der Waals surface area contributed by atoms with Crippen LogP contribution in [0.4, 0.5) is 68.9 Å². The molecule has 544 valence electrons. The Morgan fingerprint density at radius 3 is 0.981 bits per heavy atom. The molecule has 0 radical (unpaired) electrons. The molecular weight excluding hydrogens is 1350 g/mol. The highest BCUT2D eigenvalue weighted by Gasteiger charge is 2.42. The number of hydrogen-bond acceptors (Lipinski definition) is 21.